The average molecular weight is 417 g/mol. The first-order valence-corrected chi connectivity index (χ1v) is 12.2. The lowest BCUT2D eigenvalue weighted by Crippen LogP contribution is -2.35. The summed E-state index contributed by atoms with van der Waals surface area (Å²) in [7, 11) is 0. The first kappa shape index (κ1) is 23.8. The highest BCUT2D eigenvalue weighted by molar-refractivity contribution is 5.26. The fourth-order valence-corrected chi connectivity index (χ4v) is 6.39. The molecule has 0 amide bonds. The van der Waals surface area contributed by atoms with Crippen LogP contribution in [0.25, 0.3) is 0 Å². The van der Waals surface area contributed by atoms with Crippen LogP contribution in [-0.4, -0.2) is 33.1 Å². The summed E-state index contributed by atoms with van der Waals surface area (Å²) in [6.45, 7) is 10.7. The Hall–Kier alpha value is -0.900. The molecule has 0 radical (unpaired) electrons. The molecular formula is C27H44O3. The van der Waals surface area contributed by atoms with Crippen LogP contribution in [0.15, 0.2) is 35.5 Å². The maximum atomic E-state index is 10.2. The molecule has 3 heteroatoms. The van der Waals surface area contributed by atoms with E-state index in [0.717, 1.165) is 0 Å². The van der Waals surface area contributed by atoms with E-state index < -0.39 is 17.8 Å². The van der Waals surface area contributed by atoms with Crippen molar-refractivity contribution in [1.82, 2.24) is 0 Å². The van der Waals surface area contributed by atoms with Crippen molar-refractivity contribution >= 4 is 0 Å². The molecule has 3 fully saturated rings. The predicted molar refractivity (Wildman–Crippen MR) is 124 cm³/mol. The quantitative estimate of drug-likeness (QED) is 0.514. The van der Waals surface area contributed by atoms with E-state index >= 15 is 0 Å². The topological polar surface area (TPSA) is 60.7 Å². The Labute approximate surface area is 184 Å². The average Bonchev–Trinajstić information content (AvgIpc) is 3.00. The summed E-state index contributed by atoms with van der Waals surface area (Å²) in [4.78, 5) is 0. The summed E-state index contributed by atoms with van der Waals surface area (Å²) < 4.78 is 0. The standard InChI is InChI=1S/C27H44O3/c1-18(8-9-19(2)26(3,4)30)24-12-13-25-21(7-6-14-27(24,25)5)11-10-20-15-22(28)17-23(29)16-20/h8-11,18-19,22-25,28-30H,6-7,12-17H2,1-5H3/b9-8+,20-10?,21-11+/t18-,19+,22-,23+,24+,25-,27-/m1/s1. The van der Waals surface area contributed by atoms with Crippen LogP contribution in [0.2, 0.25) is 0 Å². The third-order valence-corrected chi connectivity index (χ3v) is 8.56. The molecule has 30 heavy (non-hydrogen) atoms. The Kier molecular flexibility index (Phi) is 7.37. The highest BCUT2D eigenvalue weighted by atomic mass is 16.3. The van der Waals surface area contributed by atoms with Crippen LogP contribution in [-0.2, 0) is 0 Å². The summed E-state index contributed by atoms with van der Waals surface area (Å²) in [5.41, 5.74) is 2.43. The Morgan fingerprint density at radius 1 is 1.03 bits per heavy atom. The van der Waals surface area contributed by atoms with Gasteiger partial charge in [0.25, 0.3) is 0 Å². The minimum absolute atomic E-state index is 0.152. The van der Waals surface area contributed by atoms with E-state index in [4.69, 9.17) is 0 Å². The van der Waals surface area contributed by atoms with E-state index in [1.807, 2.05) is 13.8 Å². The van der Waals surface area contributed by atoms with Gasteiger partial charge in [-0.3, -0.25) is 0 Å². The predicted octanol–water partition coefficient (Wildman–Crippen LogP) is 5.56. The third kappa shape index (κ3) is 5.29. The van der Waals surface area contributed by atoms with E-state index in [-0.39, 0.29) is 5.92 Å². The SMILES string of the molecule is C[C@H](/C=C/[C@H](C)C(C)(C)O)[C@@H]1CC[C@@H]2/C(=C/C=C3C[C@@H](O)C[C@@H](O)C3)CCC[C@@]21C. The lowest BCUT2D eigenvalue weighted by molar-refractivity contribution is 0.0436. The van der Waals surface area contributed by atoms with E-state index in [2.05, 4.69) is 45.1 Å². The summed E-state index contributed by atoms with van der Waals surface area (Å²) in [6, 6.07) is 0. The van der Waals surface area contributed by atoms with Gasteiger partial charge in [0.05, 0.1) is 17.8 Å². The van der Waals surface area contributed by atoms with Crippen LogP contribution in [0.3, 0.4) is 0 Å². The lowest BCUT2D eigenvalue weighted by Gasteiger charge is -2.44. The highest BCUT2D eigenvalue weighted by Gasteiger charge is 2.50. The molecule has 0 bridgehead atoms. The molecule has 7 atom stereocenters. The molecule has 0 spiro atoms. The monoisotopic (exact) mass is 416 g/mol. The van der Waals surface area contributed by atoms with Crippen molar-refractivity contribution in [1.29, 1.82) is 0 Å². The Balaban J connectivity index is 1.73. The van der Waals surface area contributed by atoms with E-state index in [1.165, 1.54) is 37.7 Å². The van der Waals surface area contributed by atoms with Gasteiger partial charge in [0.15, 0.2) is 0 Å². The molecule has 3 N–H and O–H groups in total. The third-order valence-electron chi connectivity index (χ3n) is 8.56. The van der Waals surface area contributed by atoms with Gasteiger partial charge in [-0.2, -0.15) is 0 Å². The molecule has 3 nitrogen and oxygen atoms in total. The fourth-order valence-electron chi connectivity index (χ4n) is 6.39. The van der Waals surface area contributed by atoms with Crippen molar-refractivity contribution in [3.05, 3.63) is 35.5 Å². The first-order chi connectivity index (χ1) is 14.0. The van der Waals surface area contributed by atoms with E-state index in [1.54, 1.807) is 5.57 Å². The number of aliphatic hydroxyl groups excluding tert-OH is 2. The Morgan fingerprint density at radius 2 is 1.70 bits per heavy atom. The summed E-state index contributed by atoms with van der Waals surface area (Å²) in [5.74, 6) is 2.00. The van der Waals surface area contributed by atoms with Crippen molar-refractivity contribution in [2.75, 3.05) is 0 Å². The van der Waals surface area contributed by atoms with Gasteiger partial charge in [-0.15, -0.1) is 0 Å². The zero-order valence-electron chi connectivity index (χ0n) is 19.8. The van der Waals surface area contributed by atoms with E-state index in [9.17, 15) is 15.3 Å². The zero-order valence-corrected chi connectivity index (χ0v) is 19.8. The summed E-state index contributed by atoms with van der Waals surface area (Å²) in [5, 5.41) is 30.2. The second-order valence-electron chi connectivity index (χ2n) is 11.3. The minimum Gasteiger partial charge on any atom is -0.393 e. The maximum Gasteiger partial charge on any atom is 0.0651 e. The van der Waals surface area contributed by atoms with Crippen molar-refractivity contribution < 1.29 is 15.3 Å². The molecular weight excluding hydrogens is 372 g/mol. The molecule has 3 aliphatic rings. The molecule has 0 aromatic carbocycles. The van der Waals surface area contributed by atoms with Gasteiger partial charge >= 0.3 is 0 Å². The van der Waals surface area contributed by atoms with Gasteiger partial charge < -0.3 is 15.3 Å². The maximum absolute atomic E-state index is 10.2. The van der Waals surface area contributed by atoms with Gasteiger partial charge in [0.2, 0.25) is 0 Å². The van der Waals surface area contributed by atoms with Gasteiger partial charge in [0.1, 0.15) is 0 Å². The largest absolute Gasteiger partial charge is 0.393 e. The molecule has 0 heterocycles. The number of fused-ring (bicyclic) bond motifs is 1. The molecule has 3 aliphatic carbocycles. The van der Waals surface area contributed by atoms with Crippen LogP contribution in [0.4, 0.5) is 0 Å². The molecule has 0 saturated heterocycles. The highest BCUT2D eigenvalue weighted by Crippen LogP contribution is 2.59. The van der Waals surface area contributed by atoms with Gasteiger partial charge in [-0.25, -0.2) is 0 Å². The molecule has 3 saturated carbocycles. The second-order valence-corrected chi connectivity index (χ2v) is 11.3. The van der Waals surface area contributed by atoms with Crippen LogP contribution in [0, 0.1) is 29.1 Å². The number of allylic oxidation sites excluding steroid dienone is 4. The van der Waals surface area contributed by atoms with Crippen LogP contribution in [0.1, 0.15) is 86.0 Å². The lowest BCUT2D eigenvalue weighted by atomic mass is 9.61. The van der Waals surface area contributed by atoms with Crippen molar-refractivity contribution in [2.45, 2.75) is 104 Å². The number of hydrogen-bond acceptors (Lipinski definition) is 3. The van der Waals surface area contributed by atoms with Crippen LogP contribution < -0.4 is 0 Å². The molecule has 170 valence electrons. The molecule has 0 unspecified atom stereocenters. The zero-order chi connectivity index (χ0) is 22.1. The molecule has 0 aromatic rings. The molecule has 0 aromatic heterocycles. The number of rotatable bonds is 5. The first-order valence-electron chi connectivity index (χ1n) is 12.2. The second kappa shape index (κ2) is 9.30. The normalized spacial score (nSPS) is 40.1. The summed E-state index contributed by atoms with van der Waals surface area (Å²) >= 11 is 0. The van der Waals surface area contributed by atoms with Crippen molar-refractivity contribution in [2.24, 2.45) is 29.1 Å². The van der Waals surface area contributed by atoms with Gasteiger partial charge in [-0.1, -0.05) is 56.2 Å². The Bertz CT molecular complexity index is 671. The summed E-state index contributed by atoms with van der Waals surface area (Å²) in [6.07, 6.45) is 16.5. The fraction of sp³-hybridized carbons (Fsp3) is 0.778. The van der Waals surface area contributed by atoms with Crippen molar-refractivity contribution in [3.63, 3.8) is 0 Å². The van der Waals surface area contributed by atoms with Crippen molar-refractivity contribution in [3.8, 4) is 0 Å². The van der Waals surface area contributed by atoms with E-state index in [0.29, 0.717) is 42.4 Å². The van der Waals surface area contributed by atoms with Gasteiger partial charge in [0, 0.05) is 5.92 Å². The van der Waals surface area contributed by atoms with Gasteiger partial charge in [-0.05, 0) is 88.4 Å². The number of aliphatic hydroxyl groups is 3. The van der Waals surface area contributed by atoms with Crippen LogP contribution in [0.5, 0.6) is 0 Å². The molecule has 3 rings (SSSR count). The minimum atomic E-state index is -0.674. The Morgan fingerprint density at radius 3 is 2.33 bits per heavy atom. The number of hydrogen-bond donors (Lipinski definition) is 3. The smallest absolute Gasteiger partial charge is 0.0651 e. The molecule has 0 aliphatic heterocycles. The van der Waals surface area contributed by atoms with Crippen LogP contribution >= 0.6 is 0 Å².